The molecular weight excluding hydrogens is 562 g/mol. The maximum absolute atomic E-state index is 13.6. The fraction of sp³-hybridized carbons (Fsp3) is 0.417. The number of hydrogen-bond acceptors (Lipinski definition) is 5. The van der Waals surface area contributed by atoms with Crippen LogP contribution in [0.5, 0.6) is 5.75 Å². The number of nitrogens with zero attached hydrogens (tertiary/aromatic N) is 1. The molecule has 8 heteroatoms. The van der Waals surface area contributed by atoms with Crippen LogP contribution in [-0.4, -0.2) is 35.6 Å². The average molecular weight is 601 g/mol. The van der Waals surface area contributed by atoms with E-state index in [-0.39, 0.29) is 35.4 Å². The molecule has 0 bridgehead atoms. The maximum atomic E-state index is 13.6. The summed E-state index contributed by atoms with van der Waals surface area (Å²) < 4.78 is 33.5. The fourth-order valence-corrected chi connectivity index (χ4v) is 6.95. The Balaban J connectivity index is 0.988. The lowest BCUT2D eigenvalue weighted by Crippen LogP contribution is -2.41. The van der Waals surface area contributed by atoms with Gasteiger partial charge in [0.1, 0.15) is 24.0 Å². The standard InChI is InChI=1S/C36H38F2N2O4/c37-29-18-28(19-30(38)20-29)25-14-16-40(17-15-25)21-23-4-6-24(7-5-23)22-44-33-3-1-2-32-31(33)12-10-26(35(32)42)8-9-27-11-13-34(41)39-36(27)43/h1-7,18-20,25-27H,8-17,21-22H2,(H,39,41,43). The van der Waals surface area contributed by atoms with Gasteiger partial charge in [-0.1, -0.05) is 36.4 Å². The molecule has 2 unspecified atom stereocenters. The van der Waals surface area contributed by atoms with Crippen molar-refractivity contribution in [1.82, 2.24) is 10.2 Å². The van der Waals surface area contributed by atoms with Crippen molar-refractivity contribution in [3.8, 4) is 5.75 Å². The van der Waals surface area contributed by atoms with Crippen molar-refractivity contribution >= 4 is 17.6 Å². The van der Waals surface area contributed by atoms with Gasteiger partial charge in [0.25, 0.3) is 0 Å². The number of halogens is 2. The Kier molecular flexibility index (Phi) is 9.17. The third-order valence-electron chi connectivity index (χ3n) is 9.50. The summed E-state index contributed by atoms with van der Waals surface area (Å²) in [6.45, 7) is 2.98. The molecule has 0 saturated carbocycles. The average Bonchev–Trinajstić information content (AvgIpc) is 3.01. The summed E-state index contributed by atoms with van der Waals surface area (Å²) in [4.78, 5) is 39.2. The molecule has 0 aromatic heterocycles. The largest absolute Gasteiger partial charge is 0.489 e. The van der Waals surface area contributed by atoms with E-state index in [0.717, 1.165) is 73.8 Å². The van der Waals surface area contributed by atoms with E-state index in [0.29, 0.717) is 37.9 Å². The van der Waals surface area contributed by atoms with Gasteiger partial charge >= 0.3 is 0 Å². The zero-order valence-electron chi connectivity index (χ0n) is 24.8. The second-order valence-electron chi connectivity index (χ2n) is 12.5. The molecule has 1 N–H and O–H groups in total. The number of rotatable bonds is 9. The summed E-state index contributed by atoms with van der Waals surface area (Å²) in [5, 5.41) is 2.41. The number of hydrogen-bond donors (Lipinski definition) is 1. The molecule has 2 atom stereocenters. The molecule has 0 spiro atoms. The van der Waals surface area contributed by atoms with Gasteiger partial charge in [0.05, 0.1) is 0 Å². The third kappa shape index (κ3) is 7.07. The van der Waals surface area contributed by atoms with Crippen LogP contribution in [0.4, 0.5) is 8.78 Å². The first-order valence-corrected chi connectivity index (χ1v) is 15.7. The number of likely N-dealkylation sites (tertiary alicyclic amines) is 1. The summed E-state index contributed by atoms with van der Waals surface area (Å²) in [7, 11) is 0. The summed E-state index contributed by atoms with van der Waals surface area (Å²) in [6.07, 6.45) is 5.41. The van der Waals surface area contributed by atoms with Crippen LogP contribution < -0.4 is 10.1 Å². The summed E-state index contributed by atoms with van der Waals surface area (Å²) >= 11 is 0. The zero-order valence-corrected chi connectivity index (χ0v) is 24.8. The van der Waals surface area contributed by atoms with Gasteiger partial charge < -0.3 is 4.74 Å². The minimum absolute atomic E-state index is 0.112. The van der Waals surface area contributed by atoms with Gasteiger partial charge in [0, 0.05) is 42.0 Å². The SMILES string of the molecule is O=C1CCC(CCC2CCc3c(OCc4ccc(CN5CCC(c6cc(F)cc(F)c6)CC5)cc4)cccc3C2=O)C(=O)N1. The molecule has 1 aliphatic carbocycles. The molecule has 6 nitrogen and oxygen atoms in total. The van der Waals surface area contributed by atoms with Crippen LogP contribution in [0.25, 0.3) is 0 Å². The van der Waals surface area contributed by atoms with Gasteiger partial charge in [-0.15, -0.1) is 0 Å². The lowest BCUT2D eigenvalue weighted by molar-refractivity contribution is -0.136. The quantitative estimate of drug-likeness (QED) is 0.284. The molecule has 2 heterocycles. The number of benzene rings is 3. The molecule has 2 saturated heterocycles. The number of nitrogens with one attached hydrogen (secondary N) is 1. The number of imide groups is 1. The lowest BCUT2D eigenvalue weighted by atomic mass is 9.78. The second kappa shape index (κ2) is 13.4. The molecule has 0 radical (unpaired) electrons. The van der Waals surface area contributed by atoms with Crippen molar-refractivity contribution in [2.75, 3.05) is 13.1 Å². The third-order valence-corrected chi connectivity index (χ3v) is 9.50. The summed E-state index contributed by atoms with van der Waals surface area (Å²) in [5.74, 6) is -0.744. The van der Waals surface area contributed by atoms with Gasteiger partial charge in [-0.3, -0.25) is 24.6 Å². The first kappa shape index (κ1) is 30.1. The van der Waals surface area contributed by atoms with E-state index in [9.17, 15) is 23.2 Å². The minimum atomic E-state index is -0.514. The van der Waals surface area contributed by atoms with Crippen molar-refractivity contribution in [2.45, 2.75) is 70.4 Å². The normalized spacial score (nSPS) is 21.2. The predicted octanol–water partition coefficient (Wildman–Crippen LogP) is 6.50. The Morgan fingerprint density at radius 2 is 1.48 bits per heavy atom. The smallest absolute Gasteiger partial charge is 0.229 e. The van der Waals surface area contributed by atoms with E-state index in [1.807, 2.05) is 18.2 Å². The van der Waals surface area contributed by atoms with Gasteiger partial charge in [-0.05, 0) is 98.8 Å². The highest BCUT2D eigenvalue weighted by Gasteiger charge is 2.32. The van der Waals surface area contributed by atoms with Crippen LogP contribution >= 0.6 is 0 Å². The minimum Gasteiger partial charge on any atom is -0.489 e. The number of ketones is 1. The molecular formula is C36H38F2N2O4. The first-order valence-electron chi connectivity index (χ1n) is 15.7. The number of carbonyl (C=O) groups is 3. The van der Waals surface area contributed by atoms with E-state index in [4.69, 9.17) is 4.74 Å². The molecule has 3 aromatic rings. The number of amides is 2. The molecule has 6 rings (SSSR count). The van der Waals surface area contributed by atoms with Crippen molar-refractivity contribution in [1.29, 1.82) is 0 Å². The van der Waals surface area contributed by atoms with Gasteiger partial charge in [0.15, 0.2) is 5.78 Å². The van der Waals surface area contributed by atoms with Gasteiger partial charge in [-0.2, -0.15) is 0 Å². The van der Waals surface area contributed by atoms with E-state index < -0.39 is 11.6 Å². The van der Waals surface area contributed by atoms with Crippen LogP contribution in [0.1, 0.15) is 83.5 Å². The highest BCUT2D eigenvalue weighted by atomic mass is 19.1. The maximum Gasteiger partial charge on any atom is 0.229 e. The number of fused-ring (bicyclic) bond motifs is 1. The Bertz CT molecular complexity index is 1510. The first-order chi connectivity index (χ1) is 21.3. The van der Waals surface area contributed by atoms with E-state index in [2.05, 4.69) is 34.5 Å². The Labute approximate surface area is 256 Å². The number of Topliss-reactive ketones (excluding diaryl/α,β-unsaturated/α-hetero) is 1. The fourth-order valence-electron chi connectivity index (χ4n) is 6.95. The van der Waals surface area contributed by atoms with Gasteiger partial charge in [-0.25, -0.2) is 8.78 Å². The van der Waals surface area contributed by atoms with Crippen molar-refractivity contribution in [3.63, 3.8) is 0 Å². The monoisotopic (exact) mass is 600 g/mol. The van der Waals surface area contributed by atoms with Crippen molar-refractivity contribution in [3.05, 3.63) is 100 Å². The molecule has 44 heavy (non-hydrogen) atoms. The zero-order chi connectivity index (χ0) is 30.6. The highest BCUT2D eigenvalue weighted by Crippen LogP contribution is 2.36. The number of ether oxygens (including phenoxy) is 1. The van der Waals surface area contributed by atoms with Crippen LogP contribution in [0.2, 0.25) is 0 Å². The Morgan fingerprint density at radius 3 is 2.20 bits per heavy atom. The summed E-state index contributed by atoms with van der Waals surface area (Å²) in [5.41, 5.74) is 4.66. The topological polar surface area (TPSA) is 75.7 Å². The lowest BCUT2D eigenvalue weighted by Gasteiger charge is -2.32. The molecule has 2 amide bonds. The molecule has 230 valence electrons. The van der Waals surface area contributed by atoms with Gasteiger partial charge in [0.2, 0.25) is 11.8 Å². The van der Waals surface area contributed by atoms with E-state index in [1.54, 1.807) is 0 Å². The van der Waals surface area contributed by atoms with Crippen LogP contribution in [0.3, 0.4) is 0 Å². The van der Waals surface area contributed by atoms with E-state index in [1.165, 1.54) is 17.7 Å². The van der Waals surface area contributed by atoms with Crippen molar-refractivity contribution in [2.24, 2.45) is 11.8 Å². The highest BCUT2D eigenvalue weighted by molar-refractivity contribution is 6.01. The Morgan fingerprint density at radius 1 is 0.795 bits per heavy atom. The molecule has 2 aliphatic heterocycles. The number of piperidine rings is 2. The molecule has 2 fully saturated rings. The second-order valence-corrected chi connectivity index (χ2v) is 12.5. The van der Waals surface area contributed by atoms with E-state index >= 15 is 0 Å². The Hall–Kier alpha value is -3.91. The van der Waals surface area contributed by atoms with Crippen LogP contribution in [-0.2, 0) is 29.2 Å². The molecule has 3 aliphatic rings. The van der Waals surface area contributed by atoms with Crippen LogP contribution in [0, 0.1) is 23.5 Å². The van der Waals surface area contributed by atoms with Crippen LogP contribution in [0.15, 0.2) is 60.7 Å². The number of carbonyl (C=O) groups excluding carboxylic acids is 3. The predicted molar refractivity (Wildman–Crippen MR) is 162 cm³/mol. The van der Waals surface area contributed by atoms with Crippen molar-refractivity contribution < 1.29 is 27.9 Å². The summed E-state index contributed by atoms with van der Waals surface area (Å²) in [6, 6.07) is 17.9. The molecule has 3 aromatic carbocycles.